The molecule has 0 spiro atoms. The van der Waals surface area contributed by atoms with E-state index in [1.54, 1.807) is 11.8 Å². The van der Waals surface area contributed by atoms with E-state index in [1.165, 1.54) is 5.56 Å². The van der Waals surface area contributed by atoms with Gasteiger partial charge < -0.3 is 0 Å². The Morgan fingerprint density at radius 1 is 1.05 bits per heavy atom. The monoisotopic (exact) mass is 359 g/mol. The fourth-order valence-electron chi connectivity index (χ4n) is 2.02. The van der Waals surface area contributed by atoms with E-state index < -0.39 is 0 Å². The zero-order valence-electron chi connectivity index (χ0n) is 11.5. The van der Waals surface area contributed by atoms with Gasteiger partial charge in [0.2, 0.25) is 5.16 Å². The van der Waals surface area contributed by atoms with Crippen LogP contribution in [0.1, 0.15) is 17.7 Å². The van der Waals surface area contributed by atoms with E-state index in [4.69, 9.17) is 0 Å². The van der Waals surface area contributed by atoms with Crippen molar-refractivity contribution in [2.45, 2.75) is 17.3 Å². The molecule has 0 amide bonds. The van der Waals surface area contributed by atoms with Crippen LogP contribution in [0.25, 0.3) is 11.4 Å². The van der Waals surface area contributed by atoms with Crippen LogP contribution in [0.4, 0.5) is 0 Å². The normalized spacial score (nSPS) is 12.3. The van der Waals surface area contributed by atoms with E-state index in [2.05, 4.69) is 62.3 Å². The van der Waals surface area contributed by atoms with Gasteiger partial charge in [-0.2, -0.15) is 0 Å². The number of rotatable bonds is 4. The van der Waals surface area contributed by atoms with Gasteiger partial charge in [0.25, 0.3) is 0 Å². The van der Waals surface area contributed by atoms with E-state index in [0.717, 1.165) is 21.0 Å². The smallest absolute Gasteiger partial charge is 0.209 e. The predicted molar refractivity (Wildman–Crippen MR) is 90.2 cm³/mol. The Bertz CT molecular complexity index is 727. The largest absolute Gasteiger partial charge is 0.258 e. The Hall–Kier alpha value is -1.59. The van der Waals surface area contributed by atoms with Crippen molar-refractivity contribution in [1.82, 2.24) is 15.2 Å². The van der Waals surface area contributed by atoms with E-state index in [1.807, 2.05) is 30.3 Å². The highest BCUT2D eigenvalue weighted by atomic mass is 79.9. The Balaban J connectivity index is 1.78. The molecule has 3 aromatic rings. The fraction of sp³-hybridized carbons (Fsp3) is 0.125. The van der Waals surface area contributed by atoms with Crippen LogP contribution in [-0.4, -0.2) is 15.2 Å². The summed E-state index contributed by atoms with van der Waals surface area (Å²) in [6.45, 7) is 2.16. The number of benzene rings is 2. The maximum absolute atomic E-state index is 4.57. The maximum atomic E-state index is 4.57. The summed E-state index contributed by atoms with van der Waals surface area (Å²) >= 11 is 5.18. The molecule has 21 heavy (non-hydrogen) atoms. The summed E-state index contributed by atoms with van der Waals surface area (Å²) < 4.78 is 1.01. The van der Waals surface area contributed by atoms with Crippen molar-refractivity contribution in [2.75, 3.05) is 0 Å². The van der Waals surface area contributed by atoms with Gasteiger partial charge in [0, 0.05) is 15.3 Å². The molecule has 0 aliphatic heterocycles. The minimum absolute atomic E-state index is 0.314. The summed E-state index contributed by atoms with van der Waals surface area (Å²) in [7, 11) is 0. The molecule has 1 aromatic heterocycles. The van der Waals surface area contributed by atoms with Gasteiger partial charge in [-0.1, -0.05) is 76.2 Å². The van der Waals surface area contributed by atoms with Crippen LogP contribution in [0.2, 0.25) is 0 Å². The Morgan fingerprint density at radius 3 is 2.52 bits per heavy atom. The van der Waals surface area contributed by atoms with Crippen LogP contribution < -0.4 is 0 Å². The van der Waals surface area contributed by atoms with Crippen molar-refractivity contribution in [3.63, 3.8) is 0 Å². The molecule has 0 aliphatic carbocycles. The quantitative estimate of drug-likeness (QED) is 0.659. The molecular weight excluding hydrogens is 346 g/mol. The third kappa shape index (κ3) is 3.36. The fourth-order valence-corrected chi connectivity index (χ4v) is 3.35. The van der Waals surface area contributed by atoms with Gasteiger partial charge in [-0.3, -0.25) is 5.10 Å². The first-order chi connectivity index (χ1) is 10.2. The predicted octanol–water partition coefficient (Wildman–Crippen LogP) is 5.09. The van der Waals surface area contributed by atoms with E-state index in [-0.39, 0.29) is 0 Å². The van der Waals surface area contributed by atoms with Crippen molar-refractivity contribution < 1.29 is 0 Å². The number of halogens is 1. The van der Waals surface area contributed by atoms with E-state index in [0.29, 0.717) is 5.25 Å². The zero-order chi connectivity index (χ0) is 14.7. The lowest BCUT2D eigenvalue weighted by Crippen LogP contribution is -1.88. The number of thioether (sulfide) groups is 1. The van der Waals surface area contributed by atoms with Gasteiger partial charge in [-0.25, -0.2) is 4.98 Å². The summed E-state index contributed by atoms with van der Waals surface area (Å²) in [5, 5.41) is 8.39. The molecule has 0 fully saturated rings. The lowest BCUT2D eigenvalue weighted by molar-refractivity contribution is 0.960. The molecule has 106 valence electrons. The van der Waals surface area contributed by atoms with Gasteiger partial charge in [-0.15, -0.1) is 5.10 Å². The van der Waals surface area contributed by atoms with Gasteiger partial charge >= 0.3 is 0 Å². The van der Waals surface area contributed by atoms with Crippen LogP contribution >= 0.6 is 27.7 Å². The summed E-state index contributed by atoms with van der Waals surface area (Å²) in [6, 6.07) is 18.4. The highest BCUT2D eigenvalue weighted by molar-refractivity contribution is 9.10. The van der Waals surface area contributed by atoms with Crippen LogP contribution in [0.5, 0.6) is 0 Å². The highest BCUT2D eigenvalue weighted by Gasteiger charge is 2.13. The topological polar surface area (TPSA) is 41.6 Å². The Labute approximate surface area is 136 Å². The summed E-state index contributed by atoms with van der Waals surface area (Å²) in [6.07, 6.45) is 0. The average molecular weight is 360 g/mol. The van der Waals surface area contributed by atoms with Crippen LogP contribution in [0, 0.1) is 0 Å². The summed E-state index contributed by atoms with van der Waals surface area (Å²) in [5.41, 5.74) is 2.29. The lowest BCUT2D eigenvalue weighted by atomic mass is 10.2. The summed E-state index contributed by atoms with van der Waals surface area (Å²) in [5.74, 6) is 0.783. The van der Waals surface area contributed by atoms with E-state index >= 15 is 0 Å². The number of H-pyrrole nitrogens is 1. The molecular formula is C16H14BrN3S. The second-order valence-electron chi connectivity index (χ2n) is 4.62. The lowest BCUT2D eigenvalue weighted by Gasteiger charge is -2.08. The second kappa shape index (κ2) is 6.45. The Kier molecular flexibility index (Phi) is 4.41. The second-order valence-corrected chi connectivity index (χ2v) is 6.78. The third-order valence-corrected chi connectivity index (χ3v) is 4.86. The van der Waals surface area contributed by atoms with Crippen molar-refractivity contribution in [2.24, 2.45) is 0 Å². The van der Waals surface area contributed by atoms with Crippen LogP contribution in [-0.2, 0) is 0 Å². The van der Waals surface area contributed by atoms with Crippen molar-refractivity contribution in [3.8, 4) is 11.4 Å². The molecule has 2 aromatic carbocycles. The van der Waals surface area contributed by atoms with Gasteiger partial charge in [0.05, 0.1) is 0 Å². The van der Waals surface area contributed by atoms with Gasteiger partial charge in [-0.05, 0) is 18.6 Å². The number of hydrogen-bond acceptors (Lipinski definition) is 3. The molecule has 1 heterocycles. The molecule has 3 rings (SSSR count). The first-order valence-corrected chi connectivity index (χ1v) is 8.30. The molecule has 0 saturated carbocycles. The number of hydrogen-bond donors (Lipinski definition) is 1. The van der Waals surface area contributed by atoms with Crippen LogP contribution in [0.3, 0.4) is 0 Å². The Morgan fingerprint density at radius 2 is 1.76 bits per heavy atom. The number of aromatic nitrogens is 3. The minimum Gasteiger partial charge on any atom is -0.258 e. The molecule has 0 radical (unpaired) electrons. The average Bonchev–Trinajstić information content (AvgIpc) is 2.97. The zero-order valence-corrected chi connectivity index (χ0v) is 13.9. The third-order valence-electron chi connectivity index (χ3n) is 3.15. The molecule has 5 heteroatoms. The van der Waals surface area contributed by atoms with Crippen molar-refractivity contribution in [3.05, 3.63) is 64.6 Å². The van der Waals surface area contributed by atoms with Gasteiger partial charge in [0.15, 0.2) is 5.82 Å². The van der Waals surface area contributed by atoms with E-state index in [9.17, 15) is 0 Å². The first kappa shape index (κ1) is 14.4. The standard InChI is InChI=1S/C16H14BrN3S/c1-11(12-7-3-2-4-8-12)21-16-18-15(19-20-16)13-9-5-6-10-14(13)17/h2-11H,1H3,(H,18,19,20)/t11-/m0/s1. The number of nitrogens with one attached hydrogen (secondary N) is 1. The molecule has 1 N–H and O–H groups in total. The minimum atomic E-state index is 0.314. The van der Waals surface area contributed by atoms with Gasteiger partial charge in [0.1, 0.15) is 0 Å². The molecule has 0 saturated heterocycles. The molecule has 1 atom stereocenters. The molecule has 0 bridgehead atoms. The first-order valence-electron chi connectivity index (χ1n) is 6.63. The molecule has 3 nitrogen and oxygen atoms in total. The summed E-state index contributed by atoms with van der Waals surface area (Å²) in [4.78, 5) is 4.57. The maximum Gasteiger partial charge on any atom is 0.209 e. The van der Waals surface area contributed by atoms with Crippen molar-refractivity contribution in [1.29, 1.82) is 0 Å². The molecule has 0 unspecified atom stereocenters. The van der Waals surface area contributed by atoms with Crippen LogP contribution in [0.15, 0.2) is 64.2 Å². The van der Waals surface area contributed by atoms with Crippen molar-refractivity contribution >= 4 is 27.7 Å². The number of aromatic amines is 1. The SMILES string of the molecule is C[C@H](Sc1n[nH]c(-c2ccccc2Br)n1)c1ccccc1. The number of nitrogens with zero attached hydrogens (tertiary/aromatic N) is 2. The highest BCUT2D eigenvalue weighted by Crippen LogP contribution is 2.34. The molecule has 0 aliphatic rings.